The smallest absolute Gasteiger partial charge is 0.338 e. The largest absolute Gasteiger partial charge is 0.478 e. The van der Waals surface area contributed by atoms with Crippen molar-refractivity contribution in [2.24, 2.45) is 0 Å². The second-order valence-electron chi connectivity index (χ2n) is 7.27. The molecule has 138 valence electrons. The first-order valence-corrected chi connectivity index (χ1v) is 9.27. The summed E-state index contributed by atoms with van der Waals surface area (Å²) in [5.41, 5.74) is 0.118. The molecule has 0 bridgehead atoms. The van der Waals surface area contributed by atoms with Gasteiger partial charge in [-0.25, -0.2) is 4.79 Å². The third-order valence-electron chi connectivity index (χ3n) is 5.32. The molecule has 3 rings (SSSR count). The van der Waals surface area contributed by atoms with Crippen LogP contribution in [-0.2, 0) is 16.1 Å². The van der Waals surface area contributed by atoms with Crippen molar-refractivity contribution in [2.45, 2.75) is 76.0 Å². The van der Waals surface area contributed by atoms with E-state index in [0.717, 1.165) is 25.7 Å². The zero-order valence-corrected chi connectivity index (χ0v) is 14.6. The highest BCUT2D eigenvalue weighted by Gasteiger charge is 2.39. The van der Waals surface area contributed by atoms with Crippen molar-refractivity contribution in [2.75, 3.05) is 6.54 Å². The van der Waals surface area contributed by atoms with E-state index in [9.17, 15) is 9.59 Å². The molecule has 1 saturated heterocycles. The SMILES string of the molecule is O=C(Cn1cc(C(=O)O)cn1)NCC1CCC2(CCCCCCC2)O1. The van der Waals surface area contributed by atoms with Gasteiger partial charge in [-0.05, 0) is 25.7 Å². The fraction of sp³-hybridized carbons (Fsp3) is 0.722. The minimum absolute atomic E-state index is 0.0190. The average molecular weight is 349 g/mol. The molecule has 1 aromatic heterocycles. The van der Waals surface area contributed by atoms with Crippen molar-refractivity contribution < 1.29 is 19.4 Å². The van der Waals surface area contributed by atoms with E-state index in [2.05, 4.69) is 10.4 Å². The predicted molar refractivity (Wildman–Crippen MR) is 91.4 cm³/mol. The topological polar surface area (TPSA) is 93.5 Å². The van der Waals surface area contributed by atoms with Crippen LogP contribution in [0.5, 0.6) is 0 Å². The number of carbonyl (C=O) groups excluding carboxylic acids is 1. The minimum atomic E-state index is -1.05. The lowest BCUT2D eigenvalue weighted by Gasteiger charge is -2.31. The monoisotopic (exact) mass is 349 g/mol. The molecule has 2 fully saturated rings. The van der Waals surface area contributed by atoms with Crippen LogP contribution in [0.25, 0.3) is 0 Å². The van der Waals surface area contributed by atoms with E-state index in [0.29, 0.717) is 6.54 Å². The van der Waals surface area contributed by atoms with Gasteiger partial charge >= 0.3 is 5.97 Å². The van der Waals surface area contributed by atoms with E-state index in [1.54, 1.807) is 0 Å². The zero-order chi connectivity index (χ0) is 17.7. The van der Waals surface area contributed by atoms with Crippen LogP contribution in [0.3, 0.4) is 0 Å². The molecule has 2 N–H and O–H groups in total. The number of hydrogen-bond donors (Lipinski definition) is 2. The molecule has 1 spiro atoms. The van der Waals surface area contributed by atoms with E-state index in [1.165, 1.54) is 49.2 Å². The average Bonchev–Trinajstić information content (AvgIpc) is 3.17. The molecular weight excluding hydrogens is 322 g/mol. The Labute approximate surface area is 147 Å². The molecule has 1 aliphatic carbocycles. The van der Waals surface area contributed by atoms with Crippen LogP contribution in [-0.4, -0.2) is 45.0 Å². The summed E-state index contributed by atoms with van der Waals surface area (Å²) >= 11 is 0. The van der Waals surface area contributed by atoms with Gasteiger partial charge in [0.25, 0.3) is 0 Å². The third kappa shape index (κ3) is 4.81. The summed E-state index contributed by atoms with van der Waals surface area (Å²) in [5.74, 6) is -1.22. The van der Waals surface area contributed by atoms with E-state index in [4.69, 9.17) is 9.84 Å². The normalized spacial score (nSPS) is 23.1. The van der Waals surface area contributed by atoms with Crippen molar-refractivity contribution in [3.05, 3.63) is 18.0 Å². The highest BCUT2D eigenvalue weighted by atomic mass is 16.5. The number of rotatable bonds is 5. The molecule has 7 nitrogen and oxygen atoms in total. The first-order valence-electron chi connectivity index (χ1n) is 9.27. The van der Waals surface area contributed by atoms with Crippen molar-refractivity contribution in [1.29, 1.82) is 0 Å². The number of nitrogens with zero attached hydrogens (tertiary/aromatic N) is 2. The lowest BCUT2D eigenvalue weighted by atomic mass is 9.85. The van der Waals surface area contributed by atoms with Crippen LogP contribution in [0.1, 0.15) is 68.1 Å². The predicted octanol–water partition coefficient (Wildman–Crippen LogP) is 2.36. The number of aromatic nitrogens is 2. The Hall–Kier alpha value is -1.89. The van der Waals surface area contributed by atoms with Crippen molar-refractivity contribution in [3.8, 4) is 0 Å². The van der Waals surface area contributed by atoms with Crippen LogP contribution >= 0.6 is 0 Å². The molecule has 2 aliphatic rings. The Kier molecular flexibility index (Phi) is 5.73. The Morgan fingerprint density at radius 2 is 1.96 bits per heavy atom. The lowest BCUT2D eigenvalue weighted by molar-refractivity contribution is -0.123. The summed E-state index contributed by atoms with van der Waals surface area (Å²) in [6, 6.07) is 0. The number of ether oxygens (including phenoxy) is 1. The van der Waals surface area contributed by atoms with Gasteiger partial charge in [0.15, 0.2) is 0 Å². The summed E-state index contributed by atoms with van der Waals surface area (Å²) < 4.78 is 7.68. The molecule has 2 heterocycles. The maximum atomic E-state index is 12.0. The van der Waals surface area contributed by atoms with Crippen molar-refractivity contribution in [1.82, 2.24) is 15.1 Å². The fourth-order valence-corrected chi connectivity index (χ4v) is 3.95. The van der Waals surface area contributed by atoms with E-state index in [1.807, 2.05) is 0 Å². The minimum Gasteiger partial charge on any atom is -0.478 e. The van der Waals surface area contributed by atoms with Crippen LogP contribution in [0.4, 0.5) is 0 Å². The molecule has 1 unspecified atom stereocenters. The van der Waals surface area contributed by atoms with Gasteiger partial charge in [0, 0.05) is 12.7 Å². The van der Waals surface area contributed by atoms with Gasteiger partial charge < -0.3 is 15.2 Å². The molecule has 1 aromatic rings. The number of carbonyl (C=O) groups is 2. The van der Waals surface area contributed by atoms with Crippen LogP contribution in [0.2, 0.25) is 0 Å². The zero-order valence-electron chi connectivity index (χ0n) is 14.6. The molecule has 1 atom stereocenters. The molecule has 7 heteroatoms. The van der Waals surface area contributed by atoms with Gasteiger partial charge in [0.2, 0.25) is 5.91 Å². The van der Waals surface area contributed by atoms with Gasteiger partial charge in [-0.1, -0.05) is 32.1 Å². The van der Waals surface area contributed by atoms with Gasteiger partial charge in [-0.3, -0.25) is 9.48 Å². The summed E-state index contributed by atoms with van der Waals surface area (Å²) in [5, 5.41) is 15.6. The summed E-state index contributed by atoms with van der Waals surface area (Å²) in [7, 11) is 0. The van der Waals surface area contributed by atoms with Crippen molar-refractivity contribution >= 4 is 11.9 Å². The molecule has 1 aliphatic heterocycles. The van der Waals surface area contributed by atoms with E-state index >= 15 is 0 Å². The second-order valence-corrected chi connectivity index (χ2v) is 7.27. The summed E-state index contributed by atoms with van der Waals surface area (Å²) in [6.07, 6.45) is 13.5. The van der Waals surface area contributed by atoms with E-state index in [-0.39, 0.29) is 29.7 Å². The lowest BCUT2D eigenvalue weighted by Crippen LogP contribution is -2.37. The van der Waals surface area contributed by atoms with Gasteiger partial charge in [0.05, 0.1) is 23.5 Å². The van der Waals surface area contributed by atoms with E-state index < -0.39 is 5.97 Å². The fourth-order valence-electron chi connectivity index (χ4n) is 3.95. The highest BCUT2D eigenvalue weighted by molar-refractivity contribution is 5.87. The second kappa shape index (κ2) is 7.99. The Morgan fingerprint density at radius 1 is 1.24 bits per heavy atom. The third-order valence-corrected chi connectivity index (χ3v) is 5.32. The number of amides is 1. The first kappa shape index (κ1) is 17.9. The Balaban J connectivity index is 1.43. The number of carboxylic acids is 1. The molecule has 25 heavy (non-hydrogen) atoms. The molecular formula is C18H27N3O4. The van der Waals surface area contributed by atoms with Gasteiger partial charge in [0.1, 0.15) is 6.54 Å². The van der Waals surface area contributed by atoms with Crippen molar-refractivity contribution in [3.63, 3.8) is 0 Å². The first-order chi connectivity index (χ1) is 12.1. The number of carboxylic acid groups (broad SMARTS) is 1. The quantitative estimate of drug-likeness (QED) is 0.851. The maximum absolute atomic E-state index is 12.0. The maximum Gasteiger partial charge on any atom is 0.338 e. The Bertz CT molecular complexity index is 605. The molecule has 0 aromatic carbocycles. The number of nitrogens with one attached hydrogen (secondary N) is 1. The summed E-state index contributed by atoms with van der Waals surface area (Å²) in [6.45, 7) is 0.527. The van der Waals surface area contributed by atoms with Gasteiger partial charge in [-0.2, -0.15) is 5.10 Å². The number of aromatic carboxylic acids is 1. The Morgan fingerprint density at radius 3 is 2.64 bits per heavy atom. The number of hydrogen-bond acceptors (Lipinski definition) is 4. The van der Waals surface area contributed by atoms with Crippen LogP contribution in [0.15, 0.2) is 12.4 Å². The van der Waals surface area contributed by atoms with Crippen LogP contribution in [0, 0.1) is 0 Å². The van der Waals surface area contributed by atoms with Crippen LogP contribution < -0.4 is 5.32 Å². The highest BCUT2D eigenvalue weighted by Crippen LogP contribution is 2.40. The van der Waals surface area contributed by atoms with Gasteiger partial charge in [-0.15, -0.1) is 0 Å². The summed E-state index contributed by atoms with van der Waals surface area (Å²) in [4.78, 5) is 22.9. The molecule has 1 amide bonds. The molecule has 1 saturated carbocycles. The standard InChI is InChI=1S/C18H27N3O4/c22-16(13-21-12-14(10-20-21)17(23)24)19-11-15-6-9-18(25-15)7-4-2-1-3-5-8-18/h10,12,15H,1-9,11,13H2,(H,19,22)(H,23,24). The molecule has 0 radical (unpaired) electrons.